The third-order valence-electron chi connectivity index (χ3n) is 4.85. The van der Waals surface area contributed by atoms with Gasteiger partial charge in [-0.1, -0.05) is 52.7 Å². The summed E-state index contributed by atoms with van der Waals surface area (Å²) >= 11 is 13.8. The molecule has 0 aliphatic carbocycles. The minimum absolute atomic E-state index is 0. The number of fused-ring (bicyclic) bond motifs is 1. The van der Waals surface area contributed by atoms with Gasteiger partial charge in [-0.3, -0.25) is 0 Å². The van der Waals surface area contributed by atoms with E-state index in [-0.39, 0.29) is 17.0 Å². The molecule has 0 saturated carbocycles. The maximum absolute atomic E-state index is 6.12. The summed E-state index contributed by atoms with van der Waals surface area (Å²) in [5, 5.41) is 3.56. The lowest BCUT2D eigenvalue weighted by atomic mass is 10.2. The molecule has 0 unspecified atom stereocenters. The van der Waals surface area contributed by atoms with E-state index in [1.54, 1.807) is 11.3 Å². The molecule has 3 aromatic carbocycles. The maximum atomic E-state index is 6.12. The number of hydrogen-bond donors (Lipinski definition) is 0. The van der Waals surface area contributed by atoms with Gasteiger partial charge in [-0.25, -0.2) is 0 Å². The van der Waals surface area contributed by atoms with Gasteiger partial charge >= 0.3 is 4.96 Å². The van der Waals surface area contributed by atoms with E-state index in [2.05, 4.69) is 32.7 Å². The molecule has 0 bridgehead atoms. The van der Waals surface area contributed by atoms with Crippen LogP contribution in [0.2, 0.25) is 10.0 Å². The van der Waals surface area contributed by atoms with E-state index in [0.29, 0.717) is 11.6 Å². The number of ether oxygens (including phenoxy) is 1. The summed E-state index contributed by atoms with van der Waals surface area (Å²) in [4.78, 5) is 1.11. The molecule has 156 valence electrons. The Balaban J connectivity index is 0.00000231. The predicted molar refractivity (Wildman–Crippen MR) is 123 cm³/mol. The molecule has 0 N–H and O–H groups in total. The van der Waals surface area contributed by atoms with Crippen LogP contribution in [0.25, 0.3) is 21.9 Å². The van der Waals surface area contributed by atoms with Crippen LogP contribution in [0.4, 0.5) is 0 Å². The molecule has 0 aliphatic heterocycles. The number of hydrogen-bond acceptors (Lipinski definition) is 2. The Morgan fingerprint density at radius 2 is 1.48 bits per heavy atom. The van der Waals surface area contributed by atoms with Gasteiger partial charge in [0.05, 0.1) is 0 Å². The van der Waals surface area contributed by atoms with Crippen molar-refractivity contribution in [2.45, 2.75) is 6.61 Å². The van der Waals surface area contributed by atoms with Crippen molar-refractivity contribution >= 4 is 39.5 Å². The first-order valence-corrected chi connectivity index (χ1v) is 11.1. The SMILES string of the molecule is Clc1ccc(OCc2csc3n2c(-c2ccc(Cl)cc2)c[n+]3-c2ccccc2)cc1.[Br-]. The third kappa shape index (κ3) is 4.51. The molecular formula is C24H17BrCl2N2OS. The largest absolute Gasteiger partial charge is 1.00 e. The number of thiazole rings is 1. The monoisotopic (exact) mass is 530 g/mol. The molecule has 5 aromatic rings. The molecule has 0 saturated heterocycles. The van der Waals surface area contributed by atoms with Gasteiger partial charge in [0.15, 0.2) is 18.0 Å². The number of benzene rings is 3. The van der Waals surface area contributed by atoms with Crippen LogP contribution in [0.15, 0.2) is 90.4 Å². The lowest BCUT2D eigenvalue weighted by molar-refractivity contribution is -0.563. The number of halogens is 3. The standard InChI is InChI=1S/C24H17Cl2N2OS.BrH/c25-18-8-6-17(7-9-18)23-14-27(20-4-2-1-3-5-20)24-28(23)21(16-30-24)15-29-22-12-10-19(26)11-13-22;/h1-14,16H,15H2;1H/q+1;/p-1. The van der Waals surface area contributed by atoms with Crippen LogP contribution >= 0.6 is 34.5 Å². The fraction of sp³-hybridized carbons (Fsp3) is 0.0417. The number of imidazole rings is 1. The molecule has 7 heteroatoms. The molecule has 0 spiro atoms. The number of rotatable bonds is 5. The van der Waals surface area contributed by atoms with Crippen LogP contribution in [0, 0.1) is 0 Å². The van der Waals surface area contributed by atoms with Gasteiger partial charge in [0.2, 0.25) is 0 Å². The lowest BCUT2D eigenvalue weighted by Crippen LogP contribution is -3.00. The second kappa shape index (κ2) is 9.45. The van der Waals surface area contributed by atoms with Crippen LogP contribution in [-0.4, -0.2) is 4.40 Å². The van der Waals surface area contributed by atoms with E-state index in [0.717, 1.165) is 38.4 Å². The van der Waals surface area contributed by atoms with Crippen molar-refractivity contribution in [1.29, 1.82) is 0 Å². The summed E-state index contributed by atoms with van der Waals surface area (Å²) < 4.78 is 10.5. The van der Waals surface area contributed by atoms with Crippen molar-refractivity contribution in [3.63, 3.8) is 0 Å². The van der Waals surface area contributed by atoms with E-state index in [1.165, 1.54) is 0 Å². The smallest absolute Gasteiger partial charge is 0.351 e. The zero-order valence-electron chi connectivity index (χ0n) is 16.2. The highest BCUT2D eigenvalue weighted by atomic mass is 79.9. The average Bonchev–Trinajstić information content (AvgIpc) is 3.35. The average molecular weight is 532 g/mol. The second-order valence-corrected chi connectivity index (χ2v) is 8.52. The van der Waals surface area contributed by atoms with Crippen LogP contribution in [0.5, 0.6) is 5.75 Å². The molecular weight excluding hydrogens is 515 g/mol. The van der Waals surface area contributed by atoms with Crippen LogP contribution in [0.1, 0.15) is 5.69 Å². The molecule has 0 fully saturated rings. The van der Waals surface area contributed by atoms with Gasteiger partial charge in [-0.05, 0) is 60.7 Å². The van der Waals surface area contributed by atoms with Crippen LogP contribution in [0.3, 0.4) is 0 Å². The van der Waals surface area contributed by atoms with Crippen molar-refractivity contribution in [2.75, 3.05) is 0 Å². The first-order valence-electron chi connectivity index (χ1n) is 9.42. The molecule has 2 aromatic heterocycles. The highest BCUT2D eigenvalue weighted by molar-refractivity contribution is 7.14. The van der Waals surface area contributed by atoms with Crippen molar-refractivity contribution in [2.24, 2.45) is 0 Å². The van der Waals surface area contributed by atoms with Crippen molar-refractivity contribution < 1.29 is 26.3 Å². The Labute approximate surface area is 204 Å². The highest BCUT2D eigenvalue weighted by Gasteiger charge is 2.25. The minimum Gasteiger partial charge on any atom is -1.00 e. The first-order chi connectivity index (χ1) is 14.7. The summed E-state index contributed by atoms with van der Waals surface area (Å²) in [5.74, 6) is 0.787. The Morgan fingerprint density at radius 1 is 0.839 bits per heavy atom. The van der Waals surface area contributed by atoms with E-state index >= 15 is 0 Å². The lowest BCUT2D eigenvalue weighted by Gasteiger charge is -2.04. The van der Waals surface area contributed by atoms with Gasteiger partial charge in [-0.15, -0.1) is 0 Å². The normalized spacial score (nSPS) is 10.8. The number of para-hydroxylation sites is 1. The third-order valence-corrected chi connectivity index (χ3v) is 6.34. The van der Waals surface area contributed by atoms with Gasteiger partial charge in [0, 0.05) is 21.0 Å². The Morgan fingerprint density at radius 3 is 2.16 bits per heavy atom. The summed E-state index contributed by atoms with van der Waals surface area (Å²) in [5.41, 5.74) is 4.36. The van der Waals surface area contributed by atoms with Gasteiger partial charge < -0.3 is 21.7 Å². The van der Waals surface area contributed by atoms with E-state index in [1.807, 2.05) is 66.7 Å². The van der Waals surface area contributed by atoms with Gasteiger partial charge in [0.25, 0.3) is 0 Å². The van der Waals surface area contributed by atoms with Crippen molar-refractivity contribution in [3.05, 3.63) is 106 Å². The summed E-state index contributed by atoms with van der Waals surface area (Å²) in [6.07, 6.45) is 2.16. The molecule has 31 heavy (non-hydrogen) atoms. The van der Waals surface area contributed by atoms with Crippen LogP contribution < -0.4 is 26.3 Å². The van der Waals surface area contributed by atoms with Crippen molar-refractivity contribution in [3.8, 4) is 22.7 Å². The van der Waals surface area contributed by atoms with E-state index < -0.39 is 0 Å². The molecule has 0 aliphatic rings. The zero-order valence-corrected chi connectivity index (χ0v) is 20.1. The zero-order chi connectivity index (χ0) is 20.5. The van der Waals surface area contributed by atoms with E-state index in [9.17, 15) is 0 Å². The molecule has 0 atom stereocenters. The molecule has 3 nitrogen and oxygen atoms in total. The Kier molecular flexibility index (Phi) is 6.68. The molecule has 2 heterocycles. The first kappa shape index (κ1) is 21.9. The number of nitrogens with zero attached hydrogens (tertiary/aromatic N) is 2. The summed E-state index contributed by atoms with van der Waals surface area (Å²) in [7, 11) is 0. The molecule has 0 radical (unpaired) electrons. The quantitative estimate of drug-likeness (QED) is 0.315. The van der Waals surface area contributed by atoms with Crippen molar-refractivity contribution in [1.82, 2.24) is 4.40 Å². The Hall–Kier alpha value is -2.31. The fourth-order valence-electron chi connectivity index (χ4n) is 3.39. The Bertz CT molecular complexity index is 1300. The fourth-order valence-corrected chi connectivity index (χ4v) is 4.65. The number of aromatic nitrogens is 2. The van der Waals surface area contributed by atoms with Gasteiger partial charge in [0.1, 0.15) is 17.6 Å². The predicted octanol–water partition coefficient (Wildman–Crippen LogP) is 3.83. The van der Waals surface area contributed by atoms with Gasteiger partial charge in [-0.2, -0.15) is 8.97 Å². The molecule has 0 amide bonds. The summed E-state index contributed by atoms with van der Waals surface area (Å²) in [6.45, 7) is 0.450. The minimum atomic E-state index is 0. The van der Waals surface area contributed by atoms with Crippen LogP contribution in [-0.2, 0) is 6.61 Å². The van der Waals surface area contributed by atoms with E-state index in [4.69, 9.17) is 27.9 Å². The highest BCUT2D eigenvalue weighted by Crippen LogP contribution is 2.28. The maximum Gasteiger partial charge on any atom is 0.351 e. The molecule has 5 rings (SSSR count). The second-order valence-electron chi connectivity index (χ2n) is 6.81. The summed E-state index contributed by atoms with van der Waals surface area (Å²) in [6, 6.07) is 25.7. The topological polar surface area (TPSA) is 17.5 Å².